The Morgan fingerprint density at radius 1 is 1.15 bits per heavy atom. The average Bonchev–Trinajstić information content (AvgIpc) is 2.42. The SMILES string of the molecule is CC(C)=CC(C)=NNC(=O)CNC(=O)c1ccccc1. The fraction of sp³-hybridized carbons (Fsp3) is 0.267. The van der Waals surface area contributed by atoms with Crippen LogP contribution in [0.5, 0.6) is 0 Å². The maximum absolute atomic E-state index is 11.7. The van der Waals surface area contributed by atoms with E-state index in [4.69, 9.17) is 0 Å². The van der Waals surface area contributed by atoms with Crippen molar-refractivity contribution >= 4 is 17.5 Å². The number of hydrogen-bond acceptors (Lipinski definition) is 3. The zero-order valence-electron chi connectivity index (χ0n) is 11.9. The van der Waals surface area contributed by atoms with Crippen molar-refractivity contribution < 1.29 is 9.59 Å². The standard InChI is InChI=1S/C15H19N3O2/c1-11(2)9-12(3)17-18-14(19)10-16-15(20)13-7-5-4-6-8-13/h4-9H,10H2,1-3H3,(H,16,20)(H,18,19). The van der Waals surface area contributed by atoms with Gasteiger partial charge in [0.25, 0.3) is 11.8 Å². The minimum absolute atomic E-state index is 0.112. The number of carbonyl (C=O) groups is 2. The summed E-state index contributed by atoms with van der Waals surface area (Å²) in [5, 5.41) is 6.43. The summed E-state index contributed by atoms with van der Waals surface area (Å²) in [6.07, 6.45) is 1.85. The number of allylic oxidation sites excluding steroid dienone is 2. The van der Waals surface area contributed by atoms with Gasteiger partial charge in [-0.3, -0.25) is 9.59 Å². The van der Waals surface area contributed by atoms with Crippen LogP contribution < -0.4 is 10.7 Å². The third kappa shape index (κ3) is 5.95. The van der Waals surface area contributed by atoms with Crippen molar-refractivity contribution in [3.05, 3.63) is 47.5 Å². The highest BCUT2D eigenvalue weighted by atomic mass is 16.2. The number of rotatable bonds is 5. The third-order valence-corrected chi connectivity index (χ3v) is 2.30. The van der Waals surface area contributed by atoms with Crippen molar-refractivity contribution in [2.75, 3.05) is 6.54 Å². The van der Waals surface area contributed by atoms with Crippen molar-refractivity contribution in [2.24, 2.45) is 5.10 Å². The second kappa shape index (κ2) is 7.89. The first-order valence-electron chi connectivity index (χ1n) is 6.30. The lowest BCUT2D eigenvalue weighted by molar-refractivity contribution is -0.120. The molecule has 5 heteroatoms. The van der Waals surface area contributed by atoms with Crippen LogP contribution in [0.2, 0.25) is 0 Å². The lowest BCUT2D eigenvalue weighted by Gasteiger charge is -2.04. The van der Waals surface area contributed by atoms with E-state index in [2.05, 4.69) is 15.8 Å². The van der Waals surface area contributed by atoms with Crippen LogP contribution >= 0.6 is 0 Å². The summed E-state index contributed by atoms with van der Waals surface area (Å²) in [6.45, 7) is 5.57. The molecule has 0 aromatic heterocycles. The van der Waals surface area contributed by atoms with Crippen LogP contribution in [-0.2, 0) is 4.79 Å². The van der Waals surface area contributed by atoms with E-state index in [0.717, 1.165) is 5.57 Å². The molecule has 1 rings (SSSR count). The normalized spacial score (nSPS) is 10.7. The van der Waals surface area contributed by atoms with Gasteiger partial charge in [0.05, 0.1) is 12.3 Å². The monoisotopic (exact) mass is 273 g/mol. The van der Waals surface area contributed by atoms with E-state index in [0.29, 0.717) is 11.3 Å². The van der Waals surface area contributed by atoms with Gasteiger partial charge in [-0.25, -0.2) is 5.43 Å². The summed E-state index contributed by atoms with van der Waals surface area (Å²) in [5.74, 6) is -0.651. The third-order valence-electron chi connectivity index (χ3n) is 2.30. The lowest BCUT2D eigenvalue weighted by atomic mass is 10.2. The maximum atomic E-state index is 11.7. The first-order chi connectivity index (χ1) is 9.49. The highest BCUT2D eigenvalue weighted by Crippen LogP contribution is 1.97. The van der Waals surface area contributed by atoms with Gasteiger partial charge < -0.3 is 5.32 Å². The molecule has 0 aliphatic heterocycles. The molecule has 0 saturated carbocycles. The number of hydrazone groups is 1. The van der Waals surface area contributed by atoms with Gasteiger partial charge in [0.2, 0.25) is 0 Å². The number of hydrogen-bond donors (Lipinski definition) is 2. The highest BCUT2D eigenvalue weighted by molar-refractivity contribution is 5.97. The Hall–Kier alpha value is -2.43. The molecule has 2 amide bonds. The molecule has 20 heavy (non-hydrogen) atoms. The molecule has 5 nitrogen and oxygen atoms in total. The van der Waals surface area contributed by atoms with Crippen LogP contribution in [0.25, 0.3) is 0 Å². The molecule has 106 valence electrons. The average molecular weight is 273 g/mol. The number of benzene rings is 1. The van der Waals surface area contributed by atoms with Crippen molar-refractivity contribution in [3.8, 4) is 0 Å². The van der Waals surface area contributed by atoms with Gasteiger partial charge in [-0.15, -0.1) is 0 Å². The first kappa shape index (κ1) is 15.6. The number of amides is 2. The highest BCUT2D eigenvalue weighted by Gasteiger charge is 2.06. The zero-order valence-corrected chi connectivity index (χ0v) is 11.9. The van der Waals surface area contributed by atoms with Crippen molar-refractivity contribution in [2.45, 2.75) is 20.8 Å². The van der Waals surface area contributed by atoms with Crippen LogP contribution in [0, 0.1) is 0 Å². The second-order valence-electron chi connectivity index (χ2n) is 4.56. The molecule has 1 aromatic carbocycles. The summed E-state index contributed by atoms with van der Waals surface area (Å²) in [6, 6.07) is 8.73. The Labute approximate surface area is 118 Å². The fourth-order valence-corrected chi connectivity index (χ4v) is 1.49. The van der Waals surface area contributed by atoms with E-state index in [1.807, 2.05) is 26.0 Å². The van der Waals surface area contributed by atoms with E-state index in [-0.39, 0.29) is 18.4 Å². The largest absolute Gasteiger partial charge is 0.343 e. The van der Waals surface area contributed by atoms with E-state index in [1.54, 1.807) is 31.2 Å². The fourth-order valence-electron chi connectivity index (χ4n) is 1.49. The minimum atomic E-state index is -0.365. The number of nitrogens with zero attached hydrogens (tertiary/aromatic N) is 1. The summed E-state index contributed by atoms with van der Waals surface area (Å²) in [7, 11) is 0. The zero-order chi connectivity index (χ0) is 15.0. The number of carbonyl (C=O) groups excluding carboxylic acids is 2. The smallest absolute Gasteiger partial charge is 0.259 e. The van der Waals surface area contributed by atoms with E-state index in [9.17, 15) is 9.59 Å². The molecule has 2 N–H and O–H groups in total. The molecule has 0 aliphatic rings. The minimum Gasteiger partial charge on any atom is -0.343 e. The molecule has 0 atom stereocenters. The Morgan fingerprint density at radius 2 is 1.80 bits per heavy atom. The van der Waals surface area contributed by atoms with Gasteiger partial charge in [-0.05, 0) is 39.0 Å². The quantitative estimate of drug-likeness (QED) is 0.635. The Bertz CT molecular complexity index is 529. The summed E-state index contributed by atoms with van der Waals surface area (Å²) in [5.41, 5.74) is 4.70. The summed E-state index contributed by atoms with van der Waals surface area (Å²) < 4.78 is 0. The molecule has 0 saturated heterocycles. The first-order valence-corrected chi connectivity index (χ1v) is 6.30. The van der Waals surface area contributed by atoms with Crippen LogP contribution in [0.3, 0.4) is 0 Å². The topological polar surface area (TPSA) is 70.6 Å². The van der Waals surface area contributed by atoms with Crippen LogP contribution in [0.1, 0.15) is 31.1 Å². The second-order valence-corrected chi connectivity index (χ2v) is 4.56. The Kier molecular flexibility index (Phi) is 6.16. The molecule has 0 heterocycles. The Balaban J connectivity index is 2.41. The van der Waals surface area contributed by atoms with Crippen molar-refractivity contribution in [1.82, 2.24) is 10.7 Å². The molecule has 1 aromatic rings. The molecular weight excluding hydrogens is 254 g/mol. The van der Waals surface area contributed by atoms with E-state index < -0.39 is 0 Å². The van der Waals surface area contributed by atoms with E-state index >= 15 is 0 Å². The molecule has 0 unspecified atom stereocenters. The van der Waals surface area contributed by atoms with Gasteiger partial charge in [0.15, 0.2) is 0 Å². The molecular formula is C15H19N3O2. The van der Waals surface area contributed by atoms with Crippen LogP contribution in [0.4, 0.5) is 0 Å². The van der Waals surface area contributed by atoms with Crippen LogP contribution in [-0.4, -0.2) is 24.1 Å². The molecule has 0 radical (unpaired) electrons. The molecule has 0 aliphatic carbocycles. The summed E-state index contributed by atoms with van der Waals surface area (Å²) >= 11 is 0. The molecule has 0 spiro atoms. The van der Waals surface area contributed by atoms with Crippen LogP contribution in [0.15, 0.2) is 47.1 Å². The van der Waals surface area contributed by atoms with Gasteiger partial charge in [0, 0.05) is 5.56 Å². The molecule has 0 fully saturated rings. The lowest BCUT2D eigenvalue weighted by Crippen LogP contribution is -2.35. The van der Waals surface area contributed by atoms with Gasteiger partial charge in [-0.1, -0.05) is 23.8 Å². The van der Waals surface area contributed by atoms with Gasteiger partial charge in [0.1, 0.15) is 0 Å². The molecule has 0 bridgehead atoms. The van der Waals surface area contributed by atoms with E-state index in [1.165, 1.54) is 0 Å². The maximum Gasteiger partial charge on any atom is 0.259 e. The summed E-state index contributed by atoms with van der Waals surface area (Å²) in [4.78, 5) is 23.2. The Morgan fingerprint density at radius 3 is 2.40 bits per heavy atom. The predicted molar refractivity (Wildman–Crippen MR) is 79.5 cm³/mol. The van der Waals surface area contributed by atoms with Crippen molar-refractivity contribution in [3.63, 3.8) is 0 Å². The number of nitrogens with one attached hydrogen (secondary N) is 2. The van der Waals surface area contributed by atoms with Gasteiger partial charge in [-0.2, -0.15) is 5.10 Å². The predicted octanol–water partition coefficient (Wildman–Crippen LogP) is 1.87. The van der Waals surface area contributed by atoms with Crippen molar-refractivity contribution in [1.29, 1.82) is 0 Å². The van der Waals surface area contributed by atoms with Gasteiger partial charge >= 0.3 is 0 Å².